The maximum atomic E-state index is 13.1. The molecule has 1 amide bonds. The summed E-state index contributed by atoms with van der Waals surface area (Å²) in [5.74, 6) is 1.45. The first-order valence-electron chi connectivity index (χ1n) is 11.0. The molecule has 1 unspecified atom stereocenters. The number of carbonyl (C=O) groups is 1. The van der Waals surface area contributed by atoms with Crippen LogP contribution in [0.3, 0.4) is 0 Å². The lowest BCUT2D eigenvalue weighted by atomic mass is 9.95. The van der Waals surface area contributed by atoms with E-state index in [1.54, 1.807) is 33.5 Å². The van der Waals surface area contributed by atoms with Gasteiger partial charge < -0.3 is 29.7 Å². The number of hydrogen-bond donors (Lipinski definition) is 2. The Hall–Kier alpha value is -3.26. The lowest BCUT2D eigenvalue weighted by Gasteiger charge is -2.19. The van der Waals surface area contributed by atoms with E-state index < -0.39 is 0 Å². The third kappa shape index (κ3) is 5.22. The second-order valence-corrected chi connectivity index (χ2v) is 8.33. The number of fused-ring (bicyclic) bond motifs is 3. The van der Waals surface area contributed by atoms with Crippen LogP contribution in [0.1, 0.15) is 30.5 Å². The van der Waals surface area contributed by atoms with Crippen LogP contribution in [-0.2, 0) is 11.2 Å². The van der Waals surface area contributed by atoms with Crippen molar-refractivity contribution in [3.8, 4) is 28.4 Å². The Morgan fingerprint density at radius 1 is 1.09 bits per heavy atom. The number of methoxy groups -OCH3 is 3. The SMILES string of the molecule is COc1cc2c(c(OC)c1OC)-c1ccc(NCCN(C)C)c(=O)cc1C(NC(C)=O)CC2. The highest BCUT2D eigenvalue weighted by Crippen LogP contribution is 2.50. The second kappa shape index (κ2) is 10.6. The van der Waals surface area contributed by atoms with Gasteiger partial charge in [-0.1, -0.05) is 6.07 Å². The van der Waals surface area contributed by atoms with E-state index in [0.717, 1.165) is 28.8 Å². The molecule has 8 heteroatoms. The first-order chi connectivity index (χ1) is 15.8. The van der Waals surface area contributed by atoms with E-state index in [2.05, 4.69) is 10.6 Å². The van der Waals surface area contributed by atoms with Crippen molar-refractivity contribution < 1.29 is 19.0 Å². The van der Waals surface area contributed by atoms with Gasteiger partial charge in [-0.3, -0.25) is 9.59 Å². The van der Waals surface area contributed by atoms with E-state index in [9.17, 15) is 9.59 Å². The van der Waals surface area contributed by atoms with Gasteiger partial charge in [-0.25, -0.2) is 0 Å². The van der Waals surface area contributed by atoms with Crippen LogP contribution in [0.5, 0.6) is 17.2 Å². The molecule has 0 saturated heterocycles. The molecule has 0 aromatic heterocycles. The molecule has 0 spiro atoms. The monoisotopic (exact) mass is 455 g/mol. The predicted octanol–water partition coefficient (Wildman–Crippen LogP) is 2.84. The number of nitrogens with one attached hydrogen (secondary N) is 2. The van der Waals surface area contributed by atoms with Gasteiger partial charge in [0.05, 0.1) is 33.1 Å². The molecule has 0 aliphatic heterocycles. The molecule has 0 fully saturated rings. The quantitative estimate of drug-likeness (QED) is 0.633. The van der Waals surface area contributed by atoms with Crippen molar-refractivity contribution in [2.45, 2.75) is 25.8 Å². The van der Waals surface area contributed by atoms with Crippen molar-refractivity contribution >= 4 is 11.6 Å². The summed E-state index contributed by atoms with van der Waals surface area (Å²) in [5.41, 5.74) is 3.78. The fourth-order valence-electron chi connectivity index (χ4n) is 4.27. The summed E-state index contributed by atoms with van der Waals surface area (Å²) in [6, 6.07) is 6.97. The minimum atomic E-state index is -0.318. The standard InChI is InChI=1S/C25H33N3O5/c1-15(29)27-19-9-7-16-13-22(31-4)24(32-5)25(33-6)23(16)17-8-10-20(21(30)14-18(17)19)26-11-12-28(2)3/h8,10,13-14,19H,7,9,11-12H2,1-6H3,(H,26,30)(H,27,29). The highest BCUT2D eigenvalue weighted by atomic mass is 16.5. The molecule has 8 nitrogen and oxygen atoms in total. The number of ether oxygens (including phenoxy) is 3. The van der Waals surface area contributed by atoms with E-state index >= 15 is 0 Å². The normalized spacial score (nSPS) is 14.6. The Morgan fingerprint density at radius 2 is 1.82 bits per heavy atom. The second-order valence-electron chi connectivity index (χ2n) is 8.33. The summed E-state index contributed by atoms with van der Waals surface area (Å²) in [6.07, 6.45) is 1.29. The van der Waals surface area contributed by atoms with Crippen molar-refractivity contribution in [3.05, 3.63) is 45.6 Å². The maximum absolute atomic E-state index is 13.1. The Bertz CT molecular complexity index is 1080. The van der Waals surface area contributed by atoms with Crippen LogP contribution in [0.15, 0.2) is 29.1 Å². The molecule has 2 aromatic carbocycles. The first kappa shape index (κ1) is 24.4. The average molecular weight is 456 g/mol. The van der Waals surface area contributed by atoms with E-state index in [-0.39, 0.29) is 17.4 Å². The van der Waals surface area contributed by atoms with Gasteiger partial charge in [0.1, 0.15) is 0 Å². The third-order valence-electron chi connectivity index (χ3n) is 5.79. The summed E-state index contributed by atoms with van der Waals surface area (Å²) in [5, 5.41) is 6.25. The summed E-state index contributed by atoms with van der Waals surface area (Å²) < 4.78 is 17.0. The maximum Gasteiger partial charge on any atom is 0.217 e. The van der Waals surface area contributed by atoms with E-state index in [0.29, 0.717) is 42.3 Å². The third-order valence-corrected chi connectivity index (χ3v) is 5.79. The number of benzene rings is 1. The van der Waals surface area contributed by atoms with Crippen molar-refractivity contribution in [3.63, 3.8) is 0 Å². The van der Waals surface area contributed by atoms with Crippen LogP contribution in [-0.4, -0.2) is 59.3 Å². The van der Waals surface area contributed by atoms with Crippen LogP contribution in [0.2, 0.25) is 0 Å². The number of aryl methyl sites for hydroxylation is 1. The van der Waals surface area contributed by atoms with E-state index in [1.165, 1.54) is 6.92 Å². The predicted molar refractivity (Wildman–Crippen MR) is 130 cm³/mol. The molecule has 2 aromatic rings. The zero-order chi connectivity index (χ0) is 24.1. The van der Waals surface area contributed by atoms with Gasteiger partial charge in [0.2, 0.25) is 17.1 Å². The highest BCUT2D eigenvalue weighted by molar-refractivity contribution is 5.83. The summed E-state index contributed by atoms with van der Waals surface area (Å²) in [7, 11) is 8.71. The molecule has 0 radical (unpaired) electrons. The zero-order valence-corrected chi connectivity index (χ0v) is 20.2. The molecule has 1 aliphatic carbocycles. The molecule has 0 saturated carbocycles. The lowest BCUT2D eigenvalue weighted by molar-refractivity contribution is -0.119. The van der Waals surface area contributed by atoms with Crippen LogP contribution < -0.4 is 30.3 Å². The number of carbonyl (C=O) groups excluding carboxylic acids is 1. The fraction of sp³-hybridized carbons (Fsp3) is 0.440. The minimum Gasteiger partial charge on any atom is -0.493 e. The van der Waals surface area contributed by atoms with Crippen molar-refractivity contribution in [1.29, 1.82) is 0 Å². The van der Waals surface area contributed by atoms with Crippen molar-refractivity contribution in [1.82, 2.24) is 10.2 Å². The molecule has 2 N–H and O–H groups in total. The number of nitrogens with zero attached hydrogens (tertiary/aromatic N) is 1. The van der Waals surface area contributed by atoms with Gasteiger partial charge in [-0.2, -0.15) is 0 Å². The Labute approximate surface area is 194 Å². The Kier molecular flexibility index (Phi) is 7.81. The topological polar surface area (TPSA) is 89.1 Å². The minimum absolute atomic E-state index is 0.131. The van der Waals surface area contributed by atoms with Crippen LogP contribution >= 0.6 is 0 Å². The van der Waals surface area contributed by atoms with Gasteiger partial charge in [0.25, 0.3) is 0 Å². The van der Waals surface area contributed by atoms with Crippen molar-refractivity contribution in [2.24, 2.45) is 0 Å². The molecule has 1 aliphatic rings. The number of anilines is 1. The van der Waals surface area contributed by atoms with Gasteiger partial charge in [0, 0.05) is 25.6 Å². The van der Waals surface area contributed by atoms with Crippen LogP contribution in [0.4, 0.5) is 5.69 Å². The van der Waals surface area contributed by atoms with E-state index in [4.69, 9.17) is 14.2 Å². The van der Waals surface area contributed by atoms with Gasteiger partial charge in [-0.05, 0) is 61.8 Å². The fourth-order valence-corrected chi connectivity index (χ4v) is 4.27. The van der Waals surface area contributed by atoms with Crippen LogP contribution in [0, 0.1) is 0 Å². The summed E-state index contributed by atoms with van der Waals surface area (Å²) >= 11 is 0. The molecule has 3 rings (SSSR count). The number of hydrogen-bond acceptors (Lipinski definition) is 7. The number of rotatable bonds is 8. The summed E-state index contributed by atoms with van der Waals surface area (Å²) in [6.45, 7) is 2.91. The largest absolute Gasteiger partial charge is 0.493 e. The number of amides is 1. The average Bonchev–Trinajstić information content (AvgIpc) is 3.01. The van der Waals surface area contributed by atoms with Crippen LogP contribution in [0.25, 0.3) is 11.1 Å². The Morgan fingerprint density at radius 3 is 2.42 bits per heavy atom. The van der Waals surface area contributed by atoms with E-state index in [1.807, 2.05) is 31.1 Å². The molecule has 178 valence electrons. The lowest BCUT2D eigenvalue weighted by Crippen LogP contribution is -2.26. The molecule has 1 atom stereocenters. The Balaban J connectivity index is 2.27. The molecular weight excluding hydrogens is 422 g/mol. The first-order valence-corrected chi connectivity index (χ1v) is 11.0. The zero-order valence-electron chi connectivity index (χ0n) is 20.2. The molecule has 0 bridgehead atoms. The highest BCUT2D eigenvalue weighted by Gasteiger charge is 2.29. The molecule has 33 heavy (non-hydrogen) atoms. The van der Waals surface area contributed by atoms with Gasteiger partial charge >= 0.3 is 0 Å². The van der Waals surface area contributed by atoms with Gasteiger partial charge in [0.15, 0.2) is 11.5 Å². The number of likely N-dealkylation sites (N-methyl/N-ethyl adjacent to an activating group) is 1. The molecule has 0 heterocycles. The summed E-state index contributed by atoms with van der Waals surface area (Å²) in [4.78, 5) is 27.2. The molecular formula is C25H33N3O5. The van der Waals surface area contributed by atoms with Crippen molar-refractivity contribution in [2.75, 3.05) is 53.8 Å². The van der Waals surface area contributed by atoms with Gasteiger partial charge in [-0.15, -0.1) is 0 Å². The smallest absolute Gasteiger partial charge is 0.217 e.